The zero-order chi connectivity index (χ0) is 30.8. The summed E-state index contributed by atoms with van der Waals surface area (Å²) in [6.45, 7) is 4.56. The Morgan fingerprint density at radius 2 is 1.02 bits per heavy atom. The van der Waals surface area contributed by atoms with Crippen LogP contribution < -0.4 is 16.4 Å². The van der Waals surface area contributed by atoms with Crippen molar-refractivity contribution in [3.63, 3.8) is 0 Å². The molecule has 0 aliphatic heterocycles. The molecule has 1 aromatic heterocycles. The van der Waals surface area contributed by atoms with Crippen molar-refractivity contribution in [2.24, 2.45) is 0 Å². The zero-order valence-electron chi connectivity index (χ0n) is 25.9. The first-order valence-corrected chi connectivity index (χ1v) is 16.1. The molecule has 0 spiro atoms. The van der Waals surface area contributed by atoms with Crippen molar-refractivity contribution in [1.29, 1.82) is 0 Å². The minimum Gasteiger partial charge on any atom is -0.455 e. The van der Waals surface area contributed by atoms with Crippen LogP contribution in [0.3, 0.4) is 0 Å². The van der Waals surface area contributed by atoms with Gasteiger partial charge in [-0.1, -0.05) is 167 Å². The van der Waals surface area contributed by atoms with E-state index >= 15 is 0 Å². The van der Waals surface area contributed by atoms with E-state index in [0.29, 0.717) is 0 Å². The van der Waals surface area contributed by atoms with Gasteiger partial charge in [-0.05, 0) is 63.9 Å². The number of benzene rings is 8. The molecule has 0 saturated carbocycles. The molecule has 0 saturated heterocycles. The fourth-order valence-corrected chi connectivity index (χ4v) is 7.73. The summed E-state index contributed by atoms with van der Waals surface area (Å²) in [6.07, 6.45) is 0. The summed E-state index contributed by atoms with van der Waals surface area (Å²) in [5, 5.41) is 9.90. The van der Waals surface area contributed by atoms with Crippen LogP contribution in [0.15, 0.2) is 156 Å². The number of hydrogen-bond acceptors (Lipinski definition) is 1. The predicted molar refractivity (Wildman–Crippen MR) is 199 cm³/mol. The minimum atomic E-state index is 0.0313. The van der Waals surface area contributed by atoms with E-state index in [1.807, 2.05) is 0 Å². The molecule has 9 rings (SSSR count). The second-order valence-corrected chi connectivity index (χ2v) is 12.5. The molecule has 1 nitrogen and oxygen atoms in total. The molecule has 0 unspecified atom stereocenters. The summed E-state index contributed by atoms with van der Waals surface area (Å²) in [7, 11) is 0. The highest BCUT2D eigenvalue weighted by atomic mass is 16.3. The molecule has 0 bridgehead atoms. The number of furan rings is 1. The van der Waals surface area contributed by atoms with Crippen molar-refractivity contribution in [1.82, 2.24) is 0 Å². The van der Waals surface area contributed by atoms with Gasteiger partial charge in [0.15, 0.2) is 0 Å². The number of aryl methyl sites for hydroxylation is 2. The summed E-state index contributed by atoms with van der Waals surface area (Å²) < 4.78 is 6.67. The molecule has 8 aromatic carbocycles. The van der Waals surface area contributed by atoms with E-state index in [4.69, 9.17) is 4.42 Å². The maximum atomic E-state index is 6.67. The smallest absolute Gasteiger partial charge is 0.243 e. The summed E-state index contributed by atoms with van der Waals surface area (Å²) >= 11 is 0. The first-order valence-electron chi connectivity index (χ1n) is 16.1. The maximum absolute atomic E-state index is 6.67. The van der Waals surface area contributed by atoms with Crippen LogP contribution in [0.5, 0.6) is 0 Å². The quantitative estimate of drug-likeness (QED) is 0.187. The van der Waals surface area contributed by atoms with Crippen LogP contribution in [0.4, 0.5) is 0 Å². The van der Waals surface area contributed by atoms with Gasteiger partial charge in [0.2, 0.25) is 6.71 Å². The molecule has 9 aromatic rings. The lowest BCUT2D eigenvalue weighted by atomic mass is 9.34. The zero-order valence-corrected chi connectivity index (χ0v) is 25.9. The van der Waals surface area contributed by atoms with E-state index in [1.54, 1.807) is 0 Å². The van der Waals surface area contributed by atoms with Gasteiger partial charge >= 0.3 is 0 Å². The van der Waals surface area contributed by atoms with Gasteiger partial charge in [-0.25, -0.2) is 0 Å². The molecule has 46 heavy (non-hydrogen) atoms. The van der Waals surface area contributed by atoms with Crippen molar-refractivity contribution >= 4 is 77.4 Å². The lowest BCUT2D eigenvalue weighted by molar-refractivity contribution is 0.670. The molecule has 0 radical (unpaired) electrons. The van der Waals surface area contributed by atoms with Crippen LogP contribution in [0.1, 0.15) is 11.1 Å². The van der Waals surface area contributed by atoms with Gasteiger partial charge in [0.1, 0.15) is 11.2 Å². The highest BCUT2D eigenvalue weighted by molar-refractivity contribution is 6.98. The molecular formula is C44H31BO. The molecule has 0 aliphatic rings. The van der Waals surface area contributed by atoms with Gasteiger partial charge in [-0.2, -0.15) is 0 Å². The highest BCUT2D eigenvalue weighted by Crippen LogP contribution is 2.40. The molecular weight excluding hydrogens is 555 g/mol. The fraction of sp³-hybridized carbons (Fsp3) is 0.0455. The lowest BCUT2D eigenvalue weighted by Gasteiger charge is -2.24. The molecule has 2 heteroatoms. The second kappa shape index (κ2) is 10.5. The molecule has 0 fully saturated rings. The van der Waals surface area contributed by atoms with Crippen molar-refractivity contribution in [2.45, 2.75) is 13.8 Å². The Labute approximate surface area is 268 Å². The van der Waals surface area contributed by atoms with Gasteiger partial charge in [0.25, 0.3) is 0 Å². The summed E-state index contributed by atoms with van der Waals surface area (Å²) in [6, 6.07) is 55.3. The number of fused-ring (bicyclic) bond motifs is 7. The predicted octanol–water partition coefficient (Wildman–Crippen LogP) is 9.85. The van der Waals surface area contributed by atoms with Gasteiger partial charge < -0.3 is 4.42 Å². The van der Waals surface area contributed by atoms with E-state index in [1.165, 1.54) is 65.2 Å². The Morgan fingerprint density at radius 3 is 1.70 bits per heavy atom. The topological polar surface area (TPSA) is 13.1 Å². The van der Waals surface area contributed by atoms with Gasteiger partial charge in [0.05, 0.1) is 0 Å². The van der Waals surface area contributed by atoms with Crippen molar-refractivity contribution < 1.29 is 4.42 Å². The van der Waals surface area contributed by atoms with Crippen LogP contribution in [0.25, 0.3) is 65.4 Å². The average molecular weight is 587 g/mol. The van der Waals surface area contributed by atoms with Gasteiger partial charge in [0, 0.05) is 16.3 Å². The standard InChI is InChI=1S/C44H31BO/c1-28-22-24-30-12-3-7-18-36(30)42(28)45(43-29(2)23-25-31-13-4-8-19-37(31)43)34-16-11-15-32(26-34)39-27-33-14-5-6-17-35(33)41-38-20-9-10-21-40(38)46-44(39)41/h3-27H,1-2H3. The largest absolute Gasteiger partial charge is 0.455 e. The van der Waals surface area contributed by atoms with Crippen LogP contribution in [-0.2, 0) is 0 Å². The molecule has 216 valence electrons. The van der Waals surface area contributed by atoms with Crippen LogP contribution in [0, 0.1) is 13.8 Å². The number of hydrogen-bond donors (Lipinski definition) is 0. The number of para-hydroxylation sites is 1. The van der Waals surface area contributed by atoms with E-state index in [-0.39, 0.29) is 6.71 Å². The van der Waals surface area contributed by atoms with Crippen molar-refractivity contribution in [2.75, 3.05) is 0 Å². The first-order chi connectivity index (χ1) is 22.7. The van der Waals surface area contributed by atoms with E-state index in [2.05, 4.69) is 166 Å². The van der Waals surface area contributed by atoms with E-state index in [9.17, 15) is 0 Å². The van der Waals surface area contributed by atoms with Gasteiger partial charge in [-0.15, -0.1) is 0 Å². The van der Waals surface area contributed by atoms with E-state index < -0.39 is 0 Å². The molecule has 0 N–H and O–H groups in total. The number of rotatable bonds is 4. The average Bonchev–Trinajstić information content (AvgIpc) is 3.50. The molecule has 0 aliphatic carbocycles. The maximum Gasteiger partial charge on any atom is 0.243 e. The Bertz CT molecular complexity index is 2540. The molecule has 1 heterocycles. The van der Waals surface area contributed by atoms with E-state index in [0.717, 1.165) is 27.7 Å². The Hall–Kier alpha value is -5.60. The minimum absolute atomic E-state index is 0.0313. The van der Waals surface area contributed by atoms with Gasteiger partial charge in [-0.3, -0.25) is 0 Å². The van der Waals surface area contributed by atoms with Crippen LogP contribution in [0.2, 0.25) is 0 Å². The lowest BCUT2D eigenvalue weighted by Crippen LogP contribution is -2.54. The molecule has 0 amide bonds. The van der Waals surface area contributed by atoms with Crippen LogP contribution >= 0.6 is 0 Å². The van der Waals surface area contributed by atoms with Crippen molar-refractivity contribution in [3.05, 3.63) is 163 Å². The fourth-order valence-electron chi connectivity index (χ4n) is 7.73. The summed E-state index contributed by atoms with van der Waals surface area (Å²) in [5.74, 6) is 0. The Kier molecular flexibility index (Phi) is 6.11. The van der Waals surface area contributed by atoms with Crippen LogP contribution in [-0.4, -0.2) is 6.71 Å². The Balaban J connectivity index is 1.36. The first kappa shape index (κ1) is 26.8. The Morgan fingerprint density at radius 1 is 0.457 bits per heavy atom. The summed E-state index contributed by atoms with van der Waals surface area (Å²) in [5.41, 5.74) is 10.7. The SMILES string of the molecule is Cc1ccc2ccccc2c1B(c1cccc(-c2cc3ccccc3c3c2oc2ccccc23)c1)c1c(C)ccc2ccccc12. The third-order valence-electron chi connectivity index (χ3n) is 9.86. The van der Waals surface area contributed by atoms with Crippen molar-refractivity contribution in [3.8, 4) is 11.1 Å². The monoisotopic (exact) mass is 586 g/mol. The molecule has 0 atom stereocenters. The highest BCUT2D eigenvalue weighted by Gasteiger charge is 2.29. The third-order valence-corrected chi connectivity index (χ3v) is 9.86. The summed E-state index contributed by atoms with van der Waals surface area (Å²) in [4.78, 5) is 0. The normalized spacial score (nSPS) is 11.7. The second-order valence-electron chi connectivity index (χ2n) is 12.5. The third kappa shape index (κ3) is 4.11.